The molecular formula is C60H65N7O18. The van der Waals surface area contributed by atoms with E-state index in [2.05, 4.69) is 43.3 Å². The average molecular weight is 1170 g/mol. The van der Waals surface area contributed by atoms with E-state index in [4.69, 9.17) is 28.4 Å². The van der Waals surface area contributed by atoms with Crippen LogP contribution in [-0.4, -0.2) is 159 Å². The fourth-order valence-electron chi connectivity index (χ4n) is 15.1. The van der Waals surface area contributed by atoms with Crippen LogP contribution < -0.4 is 25.4 Å². The molecule has 0 unspecified atom stereocenters. The third kappa shape index (κ3) is 10.3. The predicted molar refractivity (Wildman–Crippen MR) is 291 cm³/mol. The number of fused-ring (bicyclic) bond motifs is 7. The summed E-state index contributed by atoms with van der Waals surface area (Å²) < 4.78 is 36.6. The number of allylic oxidation sites excluding steroid dienone is 4. The molecule has 7 aliphatic carbocycles. The first kappa shape index (κ1) is 57.8. The molecule has 3 heterocycles. The number of aliphatic hydroxyl groups excluding tert-OH is 5. The van der Waals surface area contributed by atoms with Crippen molar-refractivity contribution in [2.24, 2.45) is 28.6 Å². The van der Waals surface area contributed by atoms with Gasteiger partial charge in [0.2, 0.25) is 23.9 Å². The summed E-state index contributed by atoms with van der Waals surface area (Å²) in [6.45, 7) is 2.97. The minimum Gasteiger partial charge on any atom is -0.487 e. The number of carboxylic acids is 1. The van der Waals surface area contributed by atoms with Crippen molar-refractivity contribution in [3.8, 4) is 22.9 Å². The number of benzene rings is 3. The first-order chi connectivity index (χ1) is 40.6. The highest BCUT2D eigenvalue weighted by Gasteiger charge is 2.76. The Morgan fingerprint density at radius 1 is 0.859 bits per heavy atom. The summed E-state index contributed by atoms with van der Waals surface area (Å²) in [5.41, 5.74) is -0.607. The number of ether oxygens (including phenoxy) is 6. The van der Waals surface area contributed by atoms with Gasteiger partial charge in [-0.1, -0.05) is 68.0 Å². The number of alkyl carbamates (subject to hydrolysis) is 1. The SMILES string of the molecule is C[C@]12C=CC(=O)C=C1CC[C@@H]1[C@@H]2[C@@H](O)C[C@@]2(C)[C@H]1C[C@H]1O[C@@H](c3ccc(OC45CC(NC(=O)OCc6ccc(O[C@@H]7O[C@H](C(=O)O)[C@@H](O)[C@H](O)[C@H]7O)c(NC(=O)CCNC(=O)Cc7ccc(-c8nncnn8)cc7)c6)(C4)C5)cc3)O[C@]12C(=O)CO. The summed E-state index contributed by atoms with van der Waals surface area (Å²) in [5, 5.41) is 86.9. The fourth-order valence-corrected chi connectivity index (χ4v) is 15.1. The van der Waals surface area contributed by atoms with Crippen LogP contribution in [0, 0.1) is 28.6 Å². The van der Waals surface area contributed by atoms with Crippen LogP contribution in [0.2, 0.25) is 0 Å². The summed E-state index contributed by atoms with van der Waals surface area (Å²) in [6.07, 6.45) is -2.81. The van der Waals surface area contributed by atoms with Crippen molar-refractivity contribution >= 4 is 41.1 Å². The minimum absolute atomic E-state index is 0.00400. The van der Waals surface area contributed by atoms with E-state index in [1.165, 1.54) is 24.5 Å². The Bertz CT molecular complexity index is 3350. The van der Waals surface area contributed by atoms with Gasteiger partial charge in [0.05, 0.1) is 29.9 Å². The lowest BCUT2D eigenvalue weighted by atomic mass is 9.46. The molecule has 2 aliphatic heterocycles. The number of Topliss-reactive ketones (excluding diaryl/α,β-unsaturated/α-hetero) is 1. The number of aliphatic hydroxyl groups is 5. The van der Waals surface area contributed by atoms with E-state index in [1.807, 2.05) is 25.1 Å². The van der Waals surface area contributed by atoms with Gasteiger partial charge in [0, 0.05) is 60.1 Å². The van der Waals surface area contributed by atoms with Crippen LogP contribution in [-0.2, 0) is 55.9 Å². The van der Waals surface area contributed by atoms with Crippen molar-refractivity contribution in [3.05, 3.63) is 114 Å². The molecule has 25 heteroatoms. The maximum Gasteiger partial charge on any atom is 0.407 e. The van der Waals surface area contributed by atoms with Gasteiger partial charge in [-0.15, -0.1) is 20.4 Å². The number of aliphatic carboxylic acids is 1. The quantitative estimate of drug-likeness (QED) is 0.0691. The summed E-state index contributed by atoms with van der Waals surface area (Å²) in [7, 11) is 0. The smallest absolute Gasteiger partial charge is 0.407 e. The maximum absolute atomic E-state index is 14.0. The number of aromatic nitrogens is 4. The maximum atomic E-state index is 14.0. The van der Waals surface area contributed by atoms with E-state index >= 15 is 0 Å². The molecule has 85 heavy (non-hydrogen) atoms. The summed E-state index contributed by atoms with van der Waals surface area (Å²) in [5.74, 6) is -2.56. The molecule has 3 aromatic carbocycles. The number of carbonyl (C=O) groups excluding carboxylic acids is 5. The summed E-state index contributed by atoms with van der Waals surface area (Å²) >= 11 is 0. The highest BCUT2D eigenvalue weighted by molar-refractivity contribution is 6.01. The number of nitrogens with zero attached hydrogens (tertiary/aromatic N) is 4. The van der Waals surface area contributed by atoms with Gasteiger partial charge in [-0.25, -0.2) is 9.59 Å². The molecule has 13 rings (SSSR count). The van der Waals surface area contributed by atoms with E-state index in [9.17, 15) is 59.4 Å². The number of nitrogens with one attached hydrogen (secondary N) is 3. The molecule has 9 N–H and O–H groups in total. The standard InChI is InChI=1S/C60H65N7O18/c1-56-17-15-35(69)21-34(56)10-13-37-38-22-43-60(42(71)24-68,57(38,2)23-40(70)46(37)56)85-53(82-43)33-8-11-36(12-9-33)84-59-26-58(27-59,28-59)65-55(79)80-25-31-5-14-41(81-54-49(76)47(74)48(75)50(83-54)52(77)78)39(19-31)64-44(72)16-18-61-45(73)20-30-3-6-32(7-4-30)51-66-62-29-63-67-51/h3-9,11-12,14-15,17,19,21,29,37-38,40,43,46-50,53-54,68,70,74-76H,10,13,16,18,20,22-28H2,1-2H3,(H,61,73)(H,64,72)(H,65,79)(H,77,78)/t37-,38-,40-,43+,46+,47-,48-,49+,50-,53+,54+,56-,57-,58?,59?,60+/m0/s1. The van der Waals surface area contributed by atoms with Crippen LogP contribution in [0.4, 0.5) is 10.5 Å². The van der Waals surface area contributed by atoms with Crippen molar-refractivity contribution in [3.63, 3.8) is 0 Å². The molecule has 6 saturated carbocycles. The molecule has 14 atom stereocenters. The van der Waals surface area contributed by atoms with E-state index in [0.717, 1.165) is 12.0 Å². The van der Waals surface area contributed by atoms with Gasteiger partial charge in [0.15, 0.2) is 35.9 Å². The number of carboxylic acid groups (broad SMARTS) is 1. The van der Waals surface area contributed by atoms with Crippen LogP contribution in [0.1, 0.15) is 88.2 Å². The van der Waals surface area contributed by atoms with Gasteiger partial charge >= 0.3 is 12.1 Å². The Labute approximate surface area is 486 Å². The van der Waals surface area contributed by atoms with Gasteiger partial charge in [0.25, 0.3) is 0 Å². The topological polar surface area (TPSA) is 367 Å². The number of amides is 3. The second-order valence-electron chi connectivity index (χ2n) is 24.3. The number of ketones is 2. The van der Waals surface area contributed by atoms with E-state index < -0.39 is 107 Å². The van der Waals surface area contributed by atoms with Crippen LogP contribution in [0.3, 0.4) is 0 Å². The zero-order valence-corrected chi connectivity index (χ0v) is 46.4. The Hall–Kier alpha value is -7.62. The molecule has 3 amide bonds. The number of hydrogen-bond donors (Lipinski definition) is 9. The summed E-state index contributed by atoms with van der Waals surface area (Å²) in [4.78, 5) is 77.6. The highest BCUT2D eigenvalue weighted by Crippen LogP contribution is 2.71. The first-order valence-corrected chi connectivity index (χ1v) is 28.4. The van der Waals surface area contributed by atoms with Crippen LogP contribution in [0.25, 0.3) is 11.4 Å². The monoisotopic (exact) mass is 1170 g/mol. The zero-order valence-electron chi connectivity index (χ0n) is 46.4. The molecule has 2 bridgehead atoms. The van der Waals surface area contributed by atoms with Crippen LogP contribution in [0.15, 0.2) is 96.9 Å². The Morgan fingerprint density at radius 2 is 1.59 bits per heavy atom. The van der Waals surface area contributed by atoms with E-state index in [1.54, 1.807) is 48.6 Å². The Morgan fingerprint density at radius 3 is 2.31 bits per heavy atom. The summed E-state index contributed by atoms with van der Waals surface area (Å²) in [6, 6.07) is 18.3. The number of carbonyl (C=O) groups is 6. The lowest BCUT2D eigenvalue weighted by molar-refractivity contribution is -0.271. The molecule has 2 saturated heterocycles. The van der Waals surface area contributed by atoms with Crippen molar-refractivity contribution in [2.45, 2.75) is 144 Å². The Kier molecular flexibility index (Phi) is 15.0. The molecule has 448 valence electrons. The zero-order chi connectivity index (χ0) is 59.8. The normalized spacial score (nSPS) is 35.4. The average Bonchev–Trinajstić information content (AvgIpc) is 1.27. The van der Waals surface area contributed by atoms with Crippen molar-refractivity contribution in [1.82, 2.24) is 31.0 Å². The number of anilines is 1. The second kappa shape index (κ2) is 22.0. The first-order valence-electron chi connectivity index (χ1n) is 28.4. The molecule has 4 aromatic rings. The van der Waals surface area contributed by atoms with Gasteiger partial charge in [-0.2, -0.15) is 0 Å². The van der Waals surface area contributed by atoms with Crippen molar-refractivity contribution < 1.29 is 87.8 Å². The van der Waals surface area contributed by atoms with Gasteiger partial charge in [0.1, 0.15) is 48.6 Å². The molecule has 1 aromatic heterocycles. The third-order valence-electron chi connectivity index (χ3n) is 19.0. The minimum atomic E-state index is -1.98. The van der Waals surface area contributed by atoms with Crippen molar-refractivity contribution in [1.29, 1.82) is 0 Å². The predicted octanol–water partition coefficient (Wildman–Crippen LogP) is 2.48. The molecular weight excluding hydrogens is 1110 g/mol. The lowest BCUT2D eigenvalue weighted by Crippen LogP contribution is -2.80. The highest BCUT2D eigenvalue weighted by atomic mass is 16.7. The second-order valence-corrected chi connectivity index (χ2v) is 24.3. The molecule has 8 fully saturated rings. The largest absolute Gasteiger partial charge is 0.487 e. The molecule has 25 nitrogen and oxygen atoms in total. The third-order valence-corrected chi connectivity index (χ3v) is 19.0. The van der Waals surface area contributed by atoms with Crippen LogP contribution >= 0.6 is 0 Å². The van der Waals surface area contributed by atoms with Crippen molar-refractivity contribution in [2.75, 3.05) is 18.5 Å². The lowest BCUT2D eigenvalue weighted by Gasteiger charge is -2.68. The van der Waals surface area contributed by atoms with Crippen LogP contribution in [0.5, 0.6) is 11.5 Å². The fraction of sp³-hybridized carbons (Fsp3) is 0.500. The molecule has 0 radical (unpaired) electrons. The van der Waals surface area contributed by atoms with Gasteiger partial charge < -0.3 is 75.0 Å². The number of hydrogen-bond acceptors (Lipinski definition) is 21. The van der Waals surface area contributed by atoms with E-state index in [0.29, 0.717) is 65.9 Å². The number of rotatable bonds is 18. The van der Waals surface area contributed by atoms with Gasteiger partial charge in [-0.3, -0.25) is 19.2 Å². The Balaban J connectivity index is 0.641. The molecule has 0 spiro atoms. The van der Waals surface area contributed by atoms with E-state index in [-0.39, 0.29) is 73.3 Å². The van der Waals surface area contributed by atoms with Gasteiger partial charge in [-0.05, 0) is 85.1 Å². The molecule has 9 aliphatic rings.